The first kappa shape index (κ1) is 17.6. The van der Waals surface area contributed by atoms with E-state index in [2.05, 4.69) is 31.5 Å². The smallest absolute Gasteiger partial charge is 0.311 e. The number of rotatable bonds is 6. The quantitative estimate of drug-likeness (QED) is 0.572. The predicted octanol–water partition coefficient (Wildman–Crippen LogP) is 2.56. The SMILES string of the molecule is Cl.O=C(CNCc1occc1[N+](=O)[O-])Nc1nc(Br)cs1. The number of halogens is 2. The molecule has 11 heteroatoms. The van der Waals surface area contributed by atoms with Crippen LogP contribution in [-0.4, -0.2) is 22.4 Å². The van der Waals surface area contributed by atoms with E-state index < -0.39 is 4.92 Å². The molecule has 0 unspecified atom stereocenters. The highest BCUT2D eigenvalue weighted by atomic mass is 79.9. The van der Waals surface area contributed by atoms with Gasteiger partial charge in [0.15, 0.2) is 10.9 Å². The first-order valence-electron chi connectivity index (χ1n) is 5.38. The highest BCUT2D eigenvalue weighted by Gasteiger charge is 2.16. The molecule has 0 aliphatic carbocycles. The Kier molecular flexibility index (Phi) is 6.75. The van der Waals surface area contributed by atoms with Crippen molar-refractivity contribution in [3.8, 4) is 0 Å². The zero-order valence-corrected chi connectivity index (χ0v) is 13.6. The van der Waals surface area contributed by atoms with Gasteiger partial charge in [0.25, 0.3) is 0 Å². The predicted molar refractivity (Wildman–Crippen MR) is 82.8 cm³/mol. The van der Waals surface area contributed by atoms with Gasteiger partial charge >= 0.3 is 5.69 Å². The second-order valence-corrected chi connectivity index (χ2v) is 5.28. The van der Waals surface area contributed by atoms with E-state index in [1.165, 1.54) is 23.7 Å². The zero-order valence-electron chi connectivity index (χ0n) is 10.4. The molecule has 0 aliphatic heterocycles. The van der Waals surface area contributed by atoms with Crippen LogP contribution in [-0.2, 0) is 11.3 Å². The average Bonchev–Trinajstić information content (AvgIpc) is 2.98. The Labute approximate surface area is 137 Å². The minimum atomic E-state index is -0.534. The van der Waals surface area contributed by atoms with Gasteiger partial charge in [-0.15, -0.1) is 23.7 Å². The van der Waals surface area contributed by atoms with Crippen molar-refractivity contribution in [3.63, 3.8) is 0 Å². The fraction of sp³-hybridized carbons (Fsp3) is 0.200. The summed E-state index contributed by atoms with van der Waals surface area (Å²) < 4.78 is 5.63. The Hall–Kier alpha value is -1.49. The summed E-state index contributed by atoms with van der Waals surface area (Å²) in [7, 11) is 0. The number of nitrogens with zero attached hydrogens (tertiary/aromatic N) is 2. The van der Waals surface area contributed by atoms with Gasteiger partial charge < -0.3 is 15.1 Å². The number of carbonyl (C=O) groups excluding carboxylic acids is 1. The number of nitrogens with one attached hydrogen (secondary N) is 2. The molecule has 0 radical (unpaired) electrons. The molecule has 0 fully saturated rings. The van der Waals surface area contributed by atoms with E-state index in [0.717, 1.165) is 0 Å². The van der Waals surface area contributed by atoms with Crippen LogP contribution < -0.4 is 10.6 Å². The van der Waals surface area contributed by atoms with Crippen molar-refractivity contribution >= 4 is 56.4 Å². The summed E-state index contributed by atoms with van der Waals surface area (Å²) in [5.74, 6) is -0.110. The Morgan fingerprint density at radius 1 is 1.57 bits per heavy atom. The third-order valence-corrected chi connectivity index (χ3v) is 3.68. The Balaban J connectivity index is 0.00000220. The van der Waals surface area contributed by atoms with Gasteiger partial charge in [0.1, 0.15) is 4.60 Å². The molecule has 0 aromatic carbocycles. The molecule has 2 aromatic heterocycles. The Morgan fingerprint density at radius 2 is 2.33 bits per heavy atom. The van der Waals surface area contributed by atoms with Crippen LogP contribution in [0.1, 0.15) is 5.76 Å². The van der Waals surface area contributed by atoms with Gasteiger partial charge in [-0.3, -0.25) is 14.9 Å². The summed E-state index contributed by atoms with van der Waals surface area (Å²) in [6.45, 7) is 0.0906. The lowest BCUT2D eigenvalue weighted by Gasteiger charge is -2.02. The van der Waals surface area contributed by atoms with Gasteiger partial charge in [-0.1, -0.05) is 0 Å². The highest BCUT2D eigenvalue weighted by molar-refractivity contribution is 9.10. The normalized spacial score (nSPS) is 9.95. The molecule has 2 aromatic rings. The molecule has 2 N–H and O–H groups in total. The van der Waals surface area contributed by atoms with Crippen LogP contribution >= 0.6 is 39.7 Å². The maximum atomic E-state index is 11.6. The standard InChI is InChI=1S/C10H9BrN4O4S.ClH/c11-8-5-20-10(13-8)14-9(16)4-12-3-7-6(15(17)18)1-2-19-7;/h1-2,5,12H,3-4H2,(H,13,14,16);1H. The van der Waals surface area contributed by atoms with Crippen LogP contribution in [0.25, 0.3) is 0 Å². The largest absolute Gasteiger partial charge is 0.461 e. The first-order valence-corrected chi connectivity index (χ1v) is 7.06. The van der Waals surface area contributed by atoms with Crippen molar-refractivity contribution in [2.24, 2.45) is 0 Å². The summed E-state index contributed by atoms with van der Waals surface area (Å²) in [6, 6.07) is 1.27. The second kappa shape index (κ2) is 8.08. The van der Waals surface area contributed by atoms with E-state index in [0.29, 0.717) is 9.73 Å². The highest BCUT2D eigenvalue weighted by Crippen LogP contribution is 2.20. The molecule has 0 spiro atoms. The molecule has 21 heavy (non-hydrogen) atoms. The van der Waals surface area contributed by atoms with Crippen molar-refractivity contribution in [1.82, 2.24) is 10.3 Å². The maximum absolute atomic E-state index is 11.6. The molecular formula is C10H10BrClN4O4S. The molecule has 0 saturated heterocycles. The number of anilines is 1. The van der Waals surface area contributed by atoms with Crippen molar-refractivity contribution in [2.45, 2.75) is 6.54 Å². The summed E-state index contributed by atoms with van der Waals surface area (Å²) >= 11 is 4.47. The van der Waals surface area contributed by atoms with E-state index in [-0.39, 0.29) is 42.9 Å². The van der Waals surface area contributed by atoms with E-state index in [1.54, 1.807) is 5.38 Å². The topological polar surface area (TPSA) is 110 Å². The minimum Gasteiger partial charge on any atom is -0.461 e. The van der Waals surface area contributed by atoms with Crippen molar-refractivity contribution in [3.05, 3.63) is 38.2 Å². The van der Waals surface area contributed by atoms with Crippen LogP contribution in [0.15, 0.2) is 26.7 Å². The van der Waals surface area contributed by atoms with Gasteiger partial charge in [0.05, 0.1) is 30.3 Å². The molecule has 2 heterocycles. The van der Waals surface area contributed by atoms with Crippen LogP contribution in [0.5, 0.6) is 0 Å². The van der Waals surface area contributed by atoms with E-state index >= 15 is 0 Å². The third kappa shape index (κ3) is 5.08. The van der Waals surface area contributed by atoms with Crippen molar-refractivity contribution in [1.29, 1.82) is 0 Å². The summed E-state index contributed by atoms with van der Waals surface area (Å²) in [5.41, 5.74) is -0.109. The molecule has 2 rings (SSSR count). The summed E-state index contributed by atoms with van der Waals surface area (Å²) in [6.07, 6.45) is 1.24. The second-order valence-electron chi connectivity index (χ2n) is 3.61. The Bertz CT molecular complexity index is 632. The third-order valence-electron chi connectivity index (χ3n) is 2.21. The number of furan rings is 1. The lowest BCUT2D eigenvalue weighted by molar-refractivity contribution is -0.386. The number of hydrogen-bond donors (Lipinski definition) is 2. The van der Waals surface area contributed by atoms with Crippen molar-refractivity contribution < 1.29 is 14.1 Å². The summed E-state index contributed by atoms with van der Waals surface area (Å²) in [4.78, 5) is 25.7. The lowest BCUT2D eigenvalue weighted by atomic mass is 10.4. The monoisotopic (exact) mass is 396 g/mol. The van der Waals surface area contributed by atoms with Crippen LogP contribution in [0.3, 0.4) is 0 Å². The first-order chi connectivity index (χ1) is 9.56. The van der Waals surface area contributed by atoms with E-state index in [9.17, 15) is 14.9 Å². The molecule has 8 nitrogen and oxygen atoms in total. The fourth-order valence-electron chi connectivity index (χ4n) is 1.39. The van der Waals surface area contributed by atoms with E-state index in [4.69, 9.17) is 4.42 Å². The number of aromatic nitrogens is 1. The molecule has 0 saturated carbocycles. The Morgan fingerprint density at radius 3 is 2.95 bits per heavy atom. The van der Waals surface area contributed by atoms with Crippen LogP contribution in [0.4, 0.5) is 10.8 Å². The fourth-order valence-corrected chi connectivity index (χ4v) is 2.55. The number of amides is 1. The molecule has 0 bridgehead atoms. The lowest BCUT2D eigenvalue weighted by Crippen LogP contribution is -2.27. The summed E-state index contributed by atoms with van der Waals surface area (Å²) in [5, 5.41) is 18.2. The maximum Gasteiger partial charge on any atom is 0.311 e. The molecule has 0 aliphatic rings. The number of thiazole rings is 1. The van der Waals surface area contributed by atoms with E-state index in [1.807, 2.05) is 0 Å². The number of nitro groups is 1. The van der Waals surface area contributed by atoms with Crippen LogP contribution in [0, 0.1) is 10.1 Å². The number of carbonyl (C=O) groups is 1. The van der Waals surface area contributed by atoms with Gasteiger partial charge in [0.2, 0.25) is 5.91 Å². The average molecular weight is 398 g/mol. The zero-order chi connectivity index (χ0) is 14.5. The molecule has 1 amide bonds. The van der Waals surface area contributed by atoms with Crippen LogP contribution in [0.2, 0.25) is 0 Å². The van der Waals surface area contributed by atoms with Crippen molar-refractivity contribution in [2.75, 3.05) is 11.9 Å². The van der Waals surface area contributed by atoms with Gasteiger partial charge in [-0.25, -0.2) is 4.98 Å². The minimum absolute atomic E-state index is 0. The number of hydrogen-bond acceptors (Lipinski definition) is 7. The molecule has 114 valence electrons. The molecule has 0 atom stereocenters. The molecular weight excluding hydrogens is 388 g/mol. The van der Waals surface area contributed by atoms with Gasteiger partial charge in [-0.05, 0) is 15.9 Å². The van der Waals surface area contributed by atoms with Gasteiger partial charge in [-0.2, -0.15) is 0 Å². The van der Waals surface area contributed by atoms with Gasteiger partial charge in [0, 0.05) is 5.38 Å².